The zero-order valence-electron chi connectivity index (χ0n) is 11.3. The summed E-state index contributed by atoms with van der Waals surface area (Å²) in [5.74, 6) is 0. The van der Waals surface area contributed by atoms with E-state index in [1.807, 2.05) is 0 Å². The van der Waals surface area contributed by atoms with E-state index in [0.717, 1.165) is 19.6 Å². The van der Waals surface area contributed by atoms with Crippen LogP contribution in [0.1, 0.15) is 30.0 Å². The minimum absolute atomic E-state index is 0.952. The normalized spacial score (nSPS) is 10.8. The van der Waals surface area contributed by atoms with Gasteiger partial charge in [-0.1, -0.05) is 36.8 Å². The van der Waals surface area contributed by atoms with Crippen LogP contribution in [0.25, 0.3) is 0 Å². The number of aryl methyl sites for hydroxylation is 1. The second kappa shape index (κ2) is 6.41. The van der Waals surface area contributed by atoms with Gasteiger partial charge in [0.05, 0.1) is 0 Å². The molecule has 2 rings (SSSR count). The molecular weight excluding hydrogens is 220 g/mol. The second-order valence-corrected chi connectivity index (χ2v) is 4.85. The average Bonchev–Trinajstić information content (AvgIpc) is 2.80. The molecular formula is C16H22N2. The van der Waals surface area contributed by atoms with Crippen LogP contribution in [0.15, 0.2) is 42.7 Å². The standard InChI is InChI=1S/C16H22N2/c1-3-9-17-11-16-8-10-18(13-16)12-15-6-4-14(2)5-7-15/h4-8,10,13,17H,3,9,11-12H2,1-2H3. The summed E-state index contributed by atoms with van der Waals surface area (Å²) < 4.78 is 2.24. The molecule has 0 spiro atoms. The maximum absolute atomic E-state index is 3.42. The van der Waals surface area contributed by atoms with Gasteiger partial charge in [-0.05, 0) is 37.1 Å². The molecule has 0 radical (unpaired) electrons. The molecule has 1 heterocycles. The molecule has 1 aromatic heterocycles. The first-order chi connectivity index (χ1) is 8.78. The van der Waals surface area contributed by atoms with Crippen LogP contribution in [0.2, 0.25) is 0 Å². The molecule has 0 amide bonds. The Morgan fingerprint density at radius 3 is 2.56 bits per heavy atom. The quantitative estimate of drug-likeness (QED) is 0.769. The Kier molecular flexibility index (Phi) is 4.59. The highest BCUT2D eigenvalue weighted by atomic mass is 14.9. The Balaban J connectivity index is 1.91. The van der Waals surface area contributed by atoms with E-state index in [4.69, 9.17) is 0 Å². The van der Waals surface area contributed by atoms with Crippen LogP contribution in [0, 0.1) is 6.92 Å². The molecule has 18 heavy (non-hydrogen) atoms. The number of aromatic nitrogens is 1. The van der Waals surface area contributed by atoms with Crippen molar-refractivity contribution in [2.75, 3.05) is 6.54 Å². The van der Waals surface area contributed by atoms with Gasteiger partial charge in [-0.25, -0.2) is 0 Å². The summed E-state index contributed by atoms with van der Waals surface area (Å²) in [6.45, 7) is 7.32. The molecule has 2 heteroatoms. The summed E-state index contributed by atoms with van der Waals surface area (Å²) in [6, 6.07) is 10.9. The maximum atomic E-state index is 3.42. The van der Waals surface area contributed by atoms with Gasteiger partial charge in [0.25, 0.3) is 0 Å². The molecule has 2 nitrogen and oxygen atoms in total. The van der Waals surface area contributed by atoms with E-state index in [1.165, 1.54) is 23.1 Å². The van der Waals surface area contributed by atoms with E-state index >= 15 is 0 Å². The van der Waals surface area contributed by atoms with E-state index in [0.29, 0.717) is 0 Å². The smallest absolute Gasteiger partial charge is 0.0470 e. The van der Waals surface area contributed by atoms with Gasteiger partial charge in [-0.2, -0.15) is 0 Å². The third-order valence-corrected chi connectivity index (χ3v) is 3.05. The first kappa shape index (κ1) is 12.9. The molecule has 1 aromatic carbocycles. The fraction of sp³-hybridized carbons (Fsp3) is 0.375. The lowest BCUT2D eigenvalue weighted by Crippen LogP contribution is -2.13. The fourth-order valence-electron chi connectivity index (χ4n) is 2.01. The van der Waals surface area contributed by atoms with Crippen molar-refractivity contribution in [2.45, 2.75) is 33.4 Å². The SMILES string of the molecule is CCCNCc1ccn(Cc2ccc(C)cc2)c1. The Morgan fingerprint density at radius 1 is 1.06 bits per heavy atom. The summed E-state index contributed by atoms with van der Waals surface area (Å²) in [4.78, 5) is 0. The molecule has 0 bridgehead atoms. The van der Waals surface area contributed by atoms with Gasteiger partial charge in [0.2, 0.25) is 0 Å². The Morgan fingerprint density at radius 2 is 1.83 bits per heavy atom. The van der Waals surface area contributed by atoms with Crippen LogP contribution >= 0.6 is 0 Å². The lowest BCUT2D eigenvalue weighted by atomic mass is 10.1. The van der Waals surface area contributed by atoms with Crippen molar-refractivity contribution in [3.8, 4) is 0 Å². The first-order valence-corrected chi connectivity index (χ1v) is 6.69. The fourth-order valence-corrected chi connectivity index (χ4v) is 2.01. The molecule has 1 N–H and O–H groups in total. The lowest BCUT2D eigenvalue weighted by Gasteiger charge is -2.04. The van der Waals surface area contributed by atoms with Gasteiger partial charge in [0.1, 0.15) is 0 Å². The van der Waals surface area contributed by atoms with E-state index in [-0.39, 0.29) is 0 Å². The summed E-state index contributed by atoms with van der Waals surface area (Å²) >= 11 is 0. The zero-order chi connectivity index (χ0) is 12.8. The minimum Gasteiger partial charge on any atom is -0.350 e. The lowest BCUT2D eigenvalue weighted by molar-refractivity contribution is 0.673. The summed E-state index contributed by atoms with van der Waals surface area (Å²) in [5, 5.41) is 3.42. The molecule has 0 aliphatic carbocycles. The van der Waals surface area contributed by atoms with Crippen molar-refractivity contribution in [1.29, 1.82) is 0 Å². The minimum atomic E-state index is 0.952. The molecule has 0 aliphatic rings. The van der Waals surface area contributed by atoms with E-state index in [1.54, 1.807) is 0 Å². The van der Waals surface area contributed by atoms with Crippen molar-refractivity contribution in [1.82, 2.24) is 9.88 Å². The van der Waals surface area contributed by atoms with E-state index in [9.17, 15) is 0 Å². The molecule has 0 fully saturated rings. The largest absolute Gasteiger partial charge is 0.350 e. The van der Waals surface area contributed by atoms with Crippen LogP contribution in [-0.4, -0.2) is 11.1 Å². The summed E-state index contributed by atoms with van der Waals surface area (Å²) in [5.41, 5.74) is 4.02. The van der Waals surface area contributed by atoms with Crippen molar-refractivity contribution in [3.63, 3.8) is 0 Å². The predicted molar refractivity (Wildman–Crippen MR) is 76.7 cm³/mol. The van der Waals surface area contributed by atoms with Gasteiger partial charge in [-0.3, -0.25) is 0 Å². The number of rotatable bonds is 6. The van der Waals surface area contributed by atoms with Crippen molar-refractivity contribution < 1.29 is 0 Å². The van der Waals surface area contributed by atoms with Crippen molar-refractivity contribution in [3.05, 3.63) is 59.4 Å². The highest BCUT2D eigenvalue weighted by molar-refractivity contribution is 5.22. The van der Waals surface area contributed by atoms with Crippen molar-refractivity contribution in [2.24, 2.45) is 0 Å². The summed E-state index contributed by atoms with van der Waals surface area (Å²) in [7, 11) is 0. The van der Waals surface area contributed by atoms with E-state index in [2.05, 4.69) is 66.5 Å². The average molecular weight is 242 g/mol. The van der Waals surface area contributed by atoms with Crippen molar-refractivity contribution >= 4 is 0 Å². The third-order valence-electron chi connectivity index (χ3n) is 3.05. The highest BCUT2D eigenvalue weighted by Gasteiger charge is 1.98. The molecule has 0 unspecified atom stereocenters. The Labute approximate surface area is 110 Å². The number of nitrogens with zero attached hydrogens (tertiary/aromatic N) is 1. The van der Waals surface area contributed by atoms with E-state index < -0.39 is 0 Å². The summed E-state index contributed by atoms with van der Waals surface area (Å²) in [6.07, 6.45) is 5.56. The van der Waals surface area contributed by atoms with Gasteiger partial charge in [-0.15, -0.1) is 0 Å². The second-order valence-electron chi connectivity index (χ2n) is 4.85. The number of benzene rings is 1. The molecule has 96 valence electrons. The van der Waals surface area contributed by atoms with Crippen LogP contribution in [0.4, 0.5) is 0 Å². The molecule has 2 aromatic rings. The Bertz CT molecular complexity index is 468. The third kappa shape index (κ3) is 3.74. The van der Waals surface area contributed by atoms with Gasteiger partial charge in [0.15, 0.2) is 0 Å². The number of hydrogen-bond acceptors (Lipinski definition) is 1. The number of nitrogens with one attached hydrogen (secondary N) is 1. The molecule has 0 atom stereocenters. The van der Waals surface area contributed by atoms with Crippen LogP contribution in [0.5, 0.6) is 0 Å². The molecule has 0 saturated heterocycles. The van der Waals surface area contributed by atoms with Crippen LogP contribution in [0.3, 0.4) is 0 Å². The van der Waals surface area contributed by atoms with Gasteiger partial charge >= 0.3 is 0 Å². The van der Waals surface area contributed by atoms with Gasteiger partial charge < -0.3 is 9.88 Å². The molecule has 0 aliphatic heterocycles. The van der Waals surface area contributed by atoms with Crippen LogP contribution in [-0.2, 0) is 13.1 Å². The number of hydrogen-bond donors (Lipinski definition) is 1. The predicted octanol–water partition coefficient (Wildman–Crippen LogP) is 3.34. The Hall–Kier alpha value is -1.54. The first-order valence-electron chi connectivity index (χ1n) is 6.69. The molecule has 0 saturated carbocycles. The topological polar surface area (TPSA) is 17.0 Å². The van der Waals surface area contributed by atoms with Gasteiger partial charge in [0, 0.05) is 25.5 Å². The monoisotopic (exact) mass is 242 g/mol. The zero-order valence-corrected chi connectivity index (χ0v) is 11.3. The highest BCUT2D eigenvalue weighted by Crippen LogP contribution is 2.08. The maximum Gasteiger partial charge on any atom is 0.0470 e. The van der Waals surface area contributed by atoms with Crippen LogP contribution < -0.4 is 5.32 Å².